The second-order valence-corrected chi connectivity index (χ2v) is 7.65. The van der Waals surface area contributed by atoms with Crippen molar-refractivity contribution in [2.24, 2.45) is 0 Å². The van der Waals surface area contributed by atoms with Crippen LogP contribution >= 0.6 is 11.6 Å². The van der Waals surface area contributed by atoms with Crippen molar-refractivity contribution in [3.63, 3.8) is 0 Å². The fourth-order valence-electron chi connectivity index (χ4n) is 3.69. The molecule has 5 nitrogen and oxygen atoms in total. The van der Waals surface area contributed by atoms with Gasteiger partial charge in [0, 0.05) is 22.5 Å². The topological polar surface area (TPSA) is 69.6 Å². The number of benzene rings is 2. The molecule has 0 bridgehead atoms. The summed E-state index contributed by atoms with van der Waals surface area (Å²) in [4.78, 5) is 14.1. The first kappa shape index (κ1) is 22.5. The Morgan fingerprint density at radius 1 is 0.848 bits per heavy atom. The van der Waals surface area contributed by atoms with Gasteiger partial charge >= 0.3 is 0 Å². The van der Waals surface area contributed by atoms with E-state index in [1.54, 1.807) is 6.20 Å². The zero-order valence-electron chi connectivity index (χ0n) is 19.0. The number of pyridine rings is 2. The Balaban J connectivity index is 0.00000126. The summed E-state index contributed by atoms with van der Waals surface area (Å²) < 4.78 is 2.03. The minimum Gasteiger partial charge on any atom is -0.383 e. The van der Waals surface area contributed by atoms with Crippen molar-refractivity contribution in [3.8, 4) is 28.3 Å². The van der Waals surface area contributed by atoms with E-state index >= 15 is 0 Å². The van der Waals surface area contributed by atoms with E-state index < -0.39 is 0 Å². The molecule has 0 radical (unpaired) electrons. The zero-order chi connectivity index (χ0) is 23.4. The van der Waals surface area contributed by atoms with E-state index in [1.165, 1.54) is 5.56 Å². The van der Waals surface area contributed by atoms with Gasteiger partial charge in [0.25, 0.3) is 0 Å². The lowest BCUT2D eigenvalue weighted by molar-refractivity contribution is 1.06. The third-order valence-corrected chi connectivity index (χ3v) is 5.67. The van der Waals surface area contributed by atoms with E-state index in [0.29, 0.717) is 16.7 Å². The molecule has 0 amide bonds. The SMILES string of the molecule is CC.CCc1ccc(-n2c(-c3cccnc3N)nc3ccc(-c4ccccc4Cl)nc32)cc1. The van der Waals surface area contributed by atoms with Crippen LogP contribution in [-0.2, 0) is 6.42 Å². The van der Waals surface area contributed by atoms with Crippen LogP contribution in [0, 0.1) is 0 Å². The molecule has 166 valence electrons. The van der Waals surface area contributed by atoms with E-state index in [1.807, 2.05) is 66.9 Å². The van der Waals surface area contributed by atoms with Crippen LogP contribution in [0.5, 0.6) is 0 Å². The van der Waals surface area contributed by atoms with Gasteiger partial charge in [-0.15, -0.1) is 0 Å². The maximum absolute atomic E-state index is 6.43. The summed E-state index contributed by atoms with van der Waals surface area (Å²) in [6.07, 6.45) is 2.65. The molecule has 0 aliphatic carbocycles. The molecule has 0 aliphatic rings. The van der Waals surface area contributed by atoms with Crippen LogP contribution < -0.4 is 5.73 Å². The van der Waals surface area contributed by atoms with E-state index in [-0.39, 0.29) is 0 Å². The molecule has 0 atom stereocenters. The van der Waals surface area contributed by atoms with Crippen LogP contribution in [0.15, 0.2) is 79.0 Å². The van der Waals surface area contributed by atoms with Crippen molar-refractivity contribution >= 4 is 28.6 Å². The molecule has 3 aromatic heterocycles. The Kier molecular flexibility index (Phi) is 6.71. The highest BCUT2D eigenvalue weighted by Crippen LogP contribution is 2.33. The van der Waals surface area contributed by atoms with Crippen LogP contribution in [0.1, 0.15) is 26.3 Å². The monoisotopic (exact) mass is 455 g/mol. The molecule has 0 unspecified atom stereocenters. The number of fused-ring (bicyclic) bond motifs is 1. The molecule has 0 aliphatic heterocycles. The highest BCUT2D eigenvalue weighted by Gasteiger charge is 2.19. The summed E-state index contributed by atoms with van der Waals surface area (Å²) in [7, 11) is 0. The number of nitrogens with two attached hydrogens (primary N) is 1. The number of halogens is 1. The average molecular weight is 456 g/mol. The second kappa shape index (κ2) is 9.84. The molecule has 33 heavy (non-hydrogen) atoms. The number of hydrogen-bond acceptors (Lipinski definition) is 4. The van der Waals surface area contributed by atoms with E-state index in [9.17, 15) is 0 Å². The summed E-state index contributed by atoms with van der Waals surface area (Å²) in [6, 6.07) is 23.8. The third kappa shape index (κ3) is 4.32. The first-order chi connectivity index (χ1) is 16.2. The summed E-state index contributed by atoms with van der Waals surface area (Å²) in [5.74, 6) is 1.13. The van der Waals surface area contributed by atoms with Gasteiger partial charge in [-0.3, -0.25) is 4.57 Å². The molecule has 0 spiro atoms. The molecule has 5 aromatic rings. The fraction of sp³-hybridized carbons (Fsp3) is 0.148. The number of imidazole rings is 1. The smallest absolute Gasteiger partial charge is 0.165 e. The quantitative estimate of drug-likeness (QED) is 0.317. The standard InChI is InChI=1S/C25H20ClN5.C2H6/c1-2-16-9-11-17(12-10-16)31-24(19-7-5-15-28-23(19)27)30-22-14-13-21(29-25(22)31)18-6-3-4-8-20(18)26;1-2/h3-15H,2H2,1H3,(H2,27,28);1-2H3. The summed E-state index contributed by atoms with van der Waals surface area (Å²) >= 11 is 6.43. The van der Waals surface area contributed by atoms with Crippen molar-refractivity contribution in [1.82, 2.24) is 19.5 Å². The second-order valence-electron chi connectivity index (χ2n) is 7.25. The van der Waals surface area contributed by atoms with Crippen molar-refractivity contribution in [2.45, 2.75) is 27.2 Å². The Bertz CT molecular complexity index is 1390. The van der Waals surface area contributed by atoms with E-state index in [2.05, 4.69) is 36.2 Å². The average Bonchev–Trinajstić information content (AvgIpc) is 3.24. The summed E-state index contributed by atoms with van der Waals surface area (Å²) in [6.45, 7) is 6.14. The number of rotatable bonds is 4. The van der Waals surface area contributed by atoms with Crippen LogP contribution in [0.2, 0.25) is 5.02 Å². The van der Waals surface area contributed by atoms with Gasteiger partial charge in [0.15, 0.2) is 11.5 Å². The first-order valence-electron chi connectivity index (χ1n) is 11.1. The Hall–Kier alpha value is -3.70. The Morgan fingerprint density at radius 2 is 1.58 bits per heavy atom. The molecule has 2 N–H and O–H groups in total. The minimum absolute atomic E-state index is 0.426. The van der Waals surface area contributed by atoms with Crippen LogP contribution in [0.25, 0.3) is 39.5 Å². The highest BCUT2D eigenvalue weighted by molar-refractivity contribution is 6.33. The van der Waals surface area contributed by atoms with Gasteiger partial charge in [0.1, 0.15) is 11.3 Å². The lowest BCUT2D eigenvalue weighted by Gasteiger charge is -2.11. The van der Waals surface area contributed by atoms with Crippen LogP contribution in [0.4, 0.5) is 5.82 Å². The molecule has 5 rings (SSSR count). The molecule has 0 saturated carbocycles. The van der Waals surface area contributed by atoms with Gasteiger partial charge in [-0.2, -0.15) is 0 Å². The van der Waals surface area contributed by atoms with Crippen LogP contribution in [-0.4, -0.2) is 19.5 Å². The molecule has 3 heterocycles. The van der Waals surface area contributed by atoms with Gasteiger partial charge in [-0.05, 0) is 54.4 Å². The lowest BCUT2D eigenvalue weighted by atomic mass is 10.1. The van der Waals surface area contributed by atoms with Crippen molar-refractivity contribution < 1.29 is 0 Å². The van der Waals surface area contributed by atoms with Gasteiger partial charge in [-0.1, -0.05) is 62.7 Å². The molecule has 0 fully saturated rings. The number of nitrogens with zero attached hydrogens (tertiary/aromatic N) is 4. The van der Waals surface area contributed by atoms with Crippen LogP contribution in [0.3, 0.4) is 0 Å². The largest absolute Gasteiger partial charge is 0.383 e. The summed E-state index contributed by atoms with van der Waals surface area (Å²) in [5.41, 5.74) is 12.4. The highest BCUT2D eigenvalue weighted by atomic mass is 35.5. The lowest BCUT2D eigenvalue weighted by Crippen LogP contribution is -2.02. The first-order valence-corrected chi connectivity index (χ1v) is 11.5. The molecule has 0 saturated heterocycles. The Labute approximate surface area is 198 Å². The molecular weight excluding hydrogens is 430 g/mol. The number of aryl methyl sites for hydroxylation is 1. The van der Waals surface area contributed by atoms with Gasteiger partial charge < -0.3 is 5.73 Å². The third-order valence-electron chi connectivity index (χ3n) is 5.34. The summed E-state index contributed by atoms with van der Waals surface area (Å²) in [5, 5.41) is 0.657. The van der Waals surface area contributed by atoms with E-state index in [4.69, 9.17) is 27.3 Å². The minimum atomic E-state index is 0.426. The van der Waals surface area contributed by atoms with Gasteiger partial charge in [-0.25, -0.2) is 15.0 Å². The molecule has 6 heteroatoms. The predicted octanol–water partition coefficient (Wildman–Crippen LogP) is 6.97. The maximum Gasteiger partial charge on any atom is 0.165 e. The normalized spacial score (nSPS) is 10.7. The maximum atomic E-state index is 6.43. The molecular formula is C27H26ClN5. The molecule has 2 aromatic carbocycles. The Morgan fingerprint density at radius 3 is 2.27 bits per heavy atom. The number of anilines is 1. The van der Waals surface area contributed by atoms with Crippen molar-refractivity contribution in [3.05, 3.63) is 89.6 Å². The van der Waals surface area contributed by atoms with Crippen molar-refractivity contribution in [2.75, 3.05) is 5.73 Å². The van der Waals surface area contributed by atoms with Gasteiger partial charge in [0.05, 0.1) is 11.3 Å². The van der Waals surface area contributed by atoms with E-state index in [0.717, 1.165) is 40.1 Å². The number of nitrogen functional groups attached to an aromatic ring is 1. The van der Waals surface area contributed by atoms with Gasteiger partial charge in [0.2, 0.25) is 0 Å². The van der Waals surface area contributed by atoms with Crippen molar-refractivity contribution in [1.29, 1.82) is 0 Å². The predicted molar refractivity (Wildman–Crippen MR) is 138 cm³/mol. The number of aromatic nitrogens is 4. The zero-order valence-corrected chi connectivity index (χ0v) is 19.7. The number of hydrogen-bond donors (Lipinski definition) is 1. The fourth-order valence-corrected chi connectivity index (χ4v) is 3.92.